The highest BCUT2D eigenvalue weighted by Crippen LogP contribution is 2.16. The third-order valence-corrected chi connectivity index (χ3v) is 4.26. The minimum absolute atomic E-state index is 0.793. The molecule has 0 aliphatic rings. The van der Waals surface area contributed by atoms with Gasteiger partial charge in [0.15, 0.2) is 0 Å². The lowest BCUT2D eigenvalue weighted by molar-refractivity contribution is 0.585. The molecule has 1 heterocycles. The second-order valence-electron chi connectivity index (χ2n) is 5.79. The molecule has 1 N–H and O–H groups in total. The van der Waals surface area contributed by atoms with Gasteiger partial charge in [-0.3, -0.25) is 0 Å². The van der Waals surface area contributed by atoms with Crippen LogP contribution in [0.5, 0.6) is 0 Å². The topological polar surface area (TPSA) is 29.9 Å². The average molecular weight is 340 g/mol. The lowest BCUT2D eigenvalue weighted by Gasteiger charge is -2.09. The fourth-order valence-corrected chi connectivity index (χ4v) is 2.85. The molecule has 3 aromatic rings. The second kappa shape index (κ2) is 8.67. The summed E-state index contributed by atoms with van der Waals surface area (Å²) in [4.78, 5) is 4.48. The molecule has 3 nitrogen and oxygen atoms in total. The Morgan fingerprint density at radius 3 is 2.54 bits per heavy atom. The van der Waals surface area contributed by atoms with E-state index in [0.717, 1.165) is 48.9 Å². The Labute approximate surface area is 148 Å². The van der Waals surface area contributed by atoms with Crippen LogP contribution in [0.15, 0.2) is 67.0 Å². The van der Waals surface area contributed by atoms with Gasteiger partial charge in [0, 0.05) is 29.5 Å². The first-order valence-electron chi connectivity index (χ1n) is 8.34. The molecule has 0 amide bonds. The Bertz CT molecular complexity index is 735. The third-order valence-electron chi connectivity index (χ3n) is 4.00. The fourth-order valence-electron chi connectivity index (χ4n) is 2.72. The maximum Gasteiger partial charge on any atom is 0.139 e. The number of nitrogens with zero attached hydrogens (tertiary/aromatic N) is 2. The van der Waals surface area contributed by atoms with Crippen molar-refractivity contribution in [2.45, 2.75) is 19.4 Å². The summed E-state index contributed by atoms with van der Waals surface area (Å²) in [5.41, 5.74) is 2.48. The Kier molecular flexibility index (Phi) is 6.05. The quantitative estimate of drug-likeness (QED) is 0.615. The zero-order chi connectivity index (χ0) is 16.6. The van der Waals surface area contributed by atoms with Gasteiger partial charge in [-0.15, -0.1) is 0 Å². The van der Waals surface area contributed by atoms with Crippen molar-refractivity contribution < 1.29 is 0 Å². The molecule has 0 fully saturated rings. The standard InChI is InChI=1S/C20H22ClN3/c21-19-9-7-17(8-10-19)11-13-22-12-4-15-24-16-14-23-20(24)18-5-2-1-3-6-18/h1-3,5-10,14,16,22H,4,11-13,15H2. The first-order valence-corrected chi connectivity index (χ1v) is 8.72. The molecule has 0 saturated heterocycles. The largest absolute Gasteiger partial charge is 0.331 e. The molecule has 0 unspecified atom stereocenters. The van der Waals surface area contributed by atoms with Crippen molar-refractivity contribution in [1.29, 1.82) is 0 Å². The monoisotopic (exact) mass is 339 g/mol. The number of imidazole rings is 1. The molecule has 0 atom stereocenters. The van der Waals surface area contributed by atoms with E-state index in [4.69, 9.17) is 11.6 Å². The highest BCUT2D eigenvalue weighted by molar-refractivity contribution is 6.30. The number of aryl methyl sites for hydroxylation is 1. The van der Waals surface area contributed by atoms with Gasteiger partial charge >= 0.3 is 0 Å². The maximum absolute atomic E-state index is 5.90. The molecule has 0 aliphatic heterocycles. The van der Waals surface area contributed by atoms with Crippen LogP contribution in [0, 0.1) is 0 Å². The molecule has 0 spiro atoms. The van der Waals surface area contributed by atoms with Gasteiger partial charge in [0.1, 0.15) is 5.82 Å². The van der Waals surface area contributed by atoms with Crippen LogP contribution in [0.25, 0.3) is 11.4 Å². The zero-order valence-electron chi connectivity index (χ0n) is 13.7. The Morgan fingerprint density at radius 1 is 0.958 bits per heavy atom. The van der Waals surface area contributed by atoms with Gasteiger partial charge in [-0.1, -0.05) is 54.1 Å². The van der Waals surface area contributed by atoms with Crippen molar-refractivity contribution in [3.05, 3.63) is 77.6 Å². The fraction of sp³-hybridized carbons (Fsp3) is 0.250. The molecule has 0 radical (unpaired) electrons. The van der Waals surface area contributed by atoms with Crippen molar-refractivity contribution in [3.8, 4) is 11.4 Å². The lowest BCUT2D eigenvalue weighted by atomic mass is 10.1. The van der Waals surface area contributed by atoms with Crippen LogP contribution in [0.4, 0.5) is 0 Å². The number of aromatic nitrogens is 2. The zero-order valence-corrected chi connectivity index (χ0v) is 14.4. The number of halogens is 1. The Hall–Kier alpha value is -2.10. The molecule has 3 rings (SSSR count). The lowest BCUT2D eigenvalue weighted by Crippen LogP contribution is -2.19. The van der Waals surface area contributed by atoms with E-state index < -0.39 is 0 Å². The normalized spacial score (nSPS) is 10.9. The smallest absolute Gasteiger partial charge is 0.139 e. The number of rotatable bonds is 8. The molecule has 24 heavy (non-hydrogen) atoms. The molecule has 4 heteroatoms. The van der Waals surface area contributed by atoms with Crippen LogP contribution in [0.1, 0.15) is 12.0 Å². The van der Waals surface area contributed by atoms with E-state index in [1.165, 1.54) is 5.56 Å². The molecule has 0 saturated carbocycles. The minimum atomic E-state index is 0.793. The van der Waals surface area contributed by atoms with E-state index >= 15 is 0 Å². The van der Waals surface area contributed by atoms with Crippen LogP contribution in [0.2, 0.25) is 5.02 Å². The maximum atomic E-state index is 5.90. The van der Waals surface area contributed by atoms with Gasteiger partial charge in [-0.25, -0.2) is 4.98 Å². The van der Waals surface area contributed by atoms with Gasteiger partial charge < -0.3 is 9.88 Å². The SMILES string of the molecule is Clc1ccc(CCNCCCn2ccnc2-c2ccccc2)cc1. The van der Waals surface area contributed by atoms with Crippen molar-refractivity contribution in [3.63, 3.8) is 0 Å². The summed E-state index contributed by atoms with van der Waals surface area (Å²) in [5, 5.41) is 4.30. The van der Waals surface area contributed by atoms with Gasteiger partial charge in [-0.2, -0.15) is 0 Å². The summed E-state index contributed by atoms with van der Waals surface area (Å²) in [6.07, 6.45) is 6.03. The molecule has 124 valence electrons. The Balaban J connectivity index is 1.40. The van der Waals surface area contributed by atoms with E-state index in [1.807, 2.05) is 36.5 Å². The number of nitrogens with one attached hydrogen (secondary N) is 1. The third kappa shape index (κ3) is 4.70. The molecular formula is C20H22ClN3. The molecule has 0 bridgehead atoms. The summed E-state index contributed by atoms with van der Waals surface area (Å²) in [5.74, 6) is 1.04. The van der Waals surface area contributed by atoms with Crippen molar-refractivity contribution in [2.75, 3.05) is 13.1 Å². The average Bonchev–Trinajstić information content (AvgIpc) is 3.09. The van der Waals surface area contributed by atoms with Crippen LogP contribution >= 0.6 is 11.6 Å². The highest BCUT2D eigenvalue weighted by atomic mass is 35.5. The number of hydrogen-bond donors (Lipinski definition) is 1. The molecule has 1 aromatic heterocycles. The van der Waals surface area contributed by atoms with Crippen LogP contribution in [-0.2, 0) is 13.0 Å². The van der Waals surface area contributed by atoms with Crippen LogP contribution in [-0.4, -0.2) is 22.6 Å². The van der Waals surface area contributed by atoms with Gasteiger partial charge in [-0.05, 0) is 43.6 Å². The van der Waals surface area contributed by atoms with Gasteiger partial charge in [0.05, 0.1) is 0 Å². The van der Waals surface area contributed by atoms with Gasteiger partial charge in [0.25, 0.3) is 0 Å². The summed E-state index contributed by atoms with van der Waals surface area (Å²) < 4.78 is 2.22. The van der Waals surface area contributed by atoms with Crippen LogP contribution < -0.4 is 5.32 Å². The number of benzene rings is 2. The predicted octanol–water partition coefficient (Wildman–Crippen LogP) is 4.43. The van der Waals surface area contributed by atoms with E-state index in [9.17, 15) is 0 Å². The highest BCUT2D eigenvalue weighted by Gasteiger charge is 2.04. The van der Waals surface area contributed by atoms with Crippen molar-refractivity contribution in [1.82, 2.24) is 14.9 Å². The summed E-state index contributed by atoms with van der Waals surface area (Å²) in [7, 11) is 0. The molecule has 2 aromatic carbocycles. The van der Waals surface area contributed by atoms with Crippen molar-refractivity contribution >= 4 is 11.6 Å². The minimum Gasteiger partial charge on any atom is -0.331 e. The van der Waals surface area contributed by atoms with Gasteiger partial charge in [0.2, 0.25) is 0 Å². The summed E-state index contributed by atoms with van der Waals surface area (Å²) in [6.45, 7) is 2.95. The molecule has 0 aliphatic carbocycles. The van der Waals surface area contributed by atoms with Crippen molar-refractivity contribution in [2.24, 2.45) is 0 Å². The number of hydrogen-bond acceptors (Lipinski definition) is 2. The van der Waals surface area contributed by atoms with E-state index in [-0.39, 0.29) is 0 Å². The van der Waals surface area contributed by atoms with E-state index in [2.05, 4.69) is 45.3 Å². The van der Waals surface area contributed by atoms with E-state index in [1.54, 1.807) is 0 Å². The first kappa shape index (κ1) is 16.7. The summed E-state index contributed by atoms with van der Waals surface area (Å²) in [6, 6.07) is 18.4. The first-order chi connectivity index (χ1) is 11.8. The van der Waals surface area contributed by atoms with E-state index in [0.29, 0.717) is 0 Å². The Morgan fingerprint density at radius 2 is 1.75 bits per heavy atom. The van der Waals surface area contributed by atoms with Crippen LogP contribution in [0.3, 0.4) is 0 Å². The summed E-state index contributed by atoms with van der Waals surface area (Å²) >= 11 is 5.90. The predicted molar refractivity (Wildman–Crippen MR) is 100 cm³/mol. The second-order valence-corrected chi connectivity index (χ2v) is 6.23. The molecular weight excluding hydrogens is 318 g/mol.